The summed E-state index contributed by atoms with van der Waals surface area (Å²) in [5.41, 5.74) is 0.960. The summed E-state index contributed by atoms with van der Waals surface area (Å²) in [5, 5.41) is 1.15. The Morgan fingerprint density at radius 3 is 2.55 bits per heavy atom. The van der Waals surface area contributed by atoms with Gasteiger partial charge in [-0.05, 0) is 17.8 Å². The molecular formula is C9H15BrO. The van der Waals surface area contributed by atoms with Crippen LogP contribution in [0.4, 0.5) is 0 Å². The lowest BCUT2D eigenvalue weighted by Gasteiger charge is -2.25. The zero-order valence-electron chi connectivity index (χ0n) is 7.19. The molecule has 2 aliphatic rings. The monoisotopic (exact) mass is 218 g/mol. The van der Waals surface area contributed by atoms with Gasteiger partial charge in [-0.3, -0.25) is 0 Å². The van der Waals surface area contributed by atoms with Crippen LogP contribution >= 0.6 is 15.9 Å². The molecule has 0 aromatic rings. The summed E-state index contributed by atoms with van der Waals surface area (Å²) in [6.45, 7) is 6.62. The van der Waals surface area contributed by atoms with Crippen LogP contribution < -0.4 is 0 Å². The third kappa shape index (κ3) is 0.919. The summed E-state index contributed by atoms with van der Waals surface area (Å²) in [5.74, 6) is 0.875. The maximum Gasteiger partial charge on any atom is 0.0531 e. The summed E-state index contributed by atoms with van der Waals surface area (Å²) >= 11 is 3.56. The van der Waals surface area contributed by atoms with Crippen LogP contribution in [0, 0.1) is 16.7 Å². The van der Waals surface area contributed by atoms with E-state index in [1.54, 1.807) is 0 Å². The summed E-state index contributed by atoms with van der Waals surface area (Å²) in [4.78, 5) is 0. The molecule has 2 fully saturated rings. The standard InChI is InChI=1S/C9H15BrO/c1-8(2)5-11-6-9(8)3-7(9)4-10/h7H,3-6H2,1-2H3. The van der Waals surface area contributed by atoms with Crippen LogP contribution in [0.3, 0.4) is 0 Å². The van der Waals surface area contributed by atoms with Crippen LogP contribution in [0.2, 0.25) is 0 Å². The molecule has 0 aromatic carbocycles. The molecule has 1 aliphatic heterocycles. The Bertz CT molecular complexity index is 178. The van der Waals surface area contributed by atoms with Gasteiger partial charge >= 0.3 is 0 Å². The SMILES string of the molecule is CC1(C)COCC12CC2CBr. The van der Waals surface area contributed by atoms with Crippen LogP contribution in [0.25, 0.3) is 0 Å². The fourth-order valence-corrected chi connectivity index (χ4v) is 3.26. The van der Waals surface area contributed by atoms with Crippen molar-refractivity contribution in [2.75, 3.05) is 18.5 Å². The minimum Gasteiger partial charge on any atom is -0.380 e. The number of hydrogen-bond donors (Lipinski definition) is 0. The predicted molar refractivity (Wildman–Crippen MR) is 48.9 cm³/mol. The third-order valence-corrected chi connectivity index (χ3v) is 4.37. The van der Waals surface area contributed by atoms with Crippen molar-refractivity contribution in [2.45, 2.75) is 20.3 Å². The predicted octanol–water partition coefficient (Wildman–Crippen LogP) is 2.44. The van der Waals surface area contributed by atoms with E-state index in [1.807, 2.05) is 0 Å². The summed E-state index contributed by atoms with van der Waals surface area (Å²) in [6, 6.07) is 0. The van der Waals surface area contributed by atoms with E-state index < -0.39 is 0 Å². The van der Waals surface area contributed by atoms with Crippen LogP contribution in [-0.4, -0.2) is 18.5 Å². The molecule has 2 heteroatoms. The minimum atomic E-state index is 0.422. The smallest absolute Gasteiger partial charge is 0.0531 e. The van der Waals surface area contributed by atoms with E-state index in [2.05, 4.69) is 29.8 Å². The van der Waals surface area contributed by atoms with Crippen molar-refractivity contribution in [3.8, 4) is 0 Å². The van der Waals surface area contributed by atoms with Gasteiger partial charge in [0.25, 0.3) is 0 Å². The van der Waals surface area contributed by atoms with Crippen LogP contribution in [0.15, 0.2) is 0 Å². The highest BCUT2D eigenvalue weighted by Crippen LogP contribution is 2.66. The zero-order valence-corrected chi connectivity index (χ0v) is 8.78. The first-order valence-electron chi connectivity index (χ1n) is 4.26. The highest BCUT2D eigenvalue weighted by Gasteiger charge is 2.64. The van der Waals surface area contributed by atoms with Gasteiger partial charge in [-0.2, -0.15) is 0 Å². The molecule has 64 valence electrons. The second kappa shape index (κ2) is 2.23. The van der Waals surface area contributed by atoms with Gasteiger partial charge in [0.15, 0.2) is 0 Å². The summed E-state index contributed by atoms with van der Waals surface area (Å²) in [6.07, 6.45) is 1.37. The molecule has 2 unspecified atom stereocenters. The van der Waals surface area contributed by atoms with Crippen LogP contribution in [0.5, 0.6) is 0 Å². The first-order chi connectivity index (χ1) is 5.12. The Hall–Kier alpha value is 0.440. The number of ether oxygens (including phenoxy) is 1. The molecule has 1 spiro atoms. The summed E-state index contributed by atoms with van der Waals surface area (Å²) < 4.78 is 5.55. The number of alkyl halides is 1. The molecule has 1 aliphatic carbocycles. The largest absolute Gasteiger partial charge is 0.380 e. The normalized spacial score (nSPS) is 46.6. The highest BCUT2D eigenvalue weighted by atomic mass is 79.9. The second-order valence-electron chi connectivity index (χ2n) is 4.59. The van der Waals surface area contributed by atoms with E-state index in [-0.39, 0.29) is 0 Å². The highest BCUT2D eigenvalue weighted by molar-refractivity contribution is 9.09. The average Bonchev–Trinajstić information content (AvgIpc) is 2.56. The fourth-order valence-electron chi connectivity index (χ4n) is 2.42. The van der Waals surface area contributed by atoms with Crippen LogP contribution in [-0.2, 0) is 4.74 Å². The van der Waals surface area contributed by atoms with Crippen molar-refractivity contribution in [3.05, 3.63) is 0 Å². The number of hydrogen-bond acceptors (Lipinski definition) is 1. The number of rotatable bonds is 1. The Labute approximate surface area is 76.6 Å². The van der Waals surface area contributed by atoms with Gasteiger partial charge in [-0.25, -0.2) is 0 Å². The fraction of sp³-hybridized carbons (Fsp3) is 1.00. The van der Waals surface area contributed by atoms with Gasteiger partial charge in [0.05, 0.1) is 13.2 Å². The van der Waals surface area contributed by atoms with Crippen molar-refractivity contribution in [1.82, 2.24) is 0 Å². The van der Waals surface area contributed by atoms with Crippen molar-refractivity contribution in [3.63, 3.8) is 0 Å². The van der Waals surface area contributed by atoms with Crippen LogP contribution in [0.1, 0.15) is 20.3 Å². The van der Waals surface area contributed by atoms with Crippen molar-refractivity contribution >= 4 is 15.9 Å². The Morgan fingerprint density at radius 1 is 1.45 bits per heavy atom. The lowest BCUT2D eigenvalue weighted by molar-refractivity contribution is 0.166. The van der Waals surface area contributed by atoms with E-state index >= 15 is 0 Å². The van der Waals surface area contributed by atoms with Gasteiger partial charge < -0.3 is 4.74 Å². The molecule has 0 aromatic heterocycles. The Balaban J connectivity index is 2.15. The molecule has 0 bridgehead atoms. The van der Waals surface area contributed by atoms with Gasteiger partial charge in [-0.1, -0.05) is 29.8 Å². The molecule has 1 saturated heterocycles. The second-order valence-corrected chi connectivity index (χ2v) is 5.24. The molecule has 2 atom stereocenters. The zero-order chi connectivity index (χ0) is 8.11. The Kier molecular flexibility index (Phi) is 1.63. The van der Waals surface area contributed by atoms with E-state index in [0.29, 0.717) is 10.8 Å². The maximum atomic E-state index is 5.55. The van der Waals surface area contributed by atoms with Crippen molar-refractivity contribution in [2.24, 2.45) is 16.7 Å². The summed E-state index contributed by atoms with van der Waals surface area (Å²) in [7, 11) is 0. The lowest BCUT2D eigenvalue weighted by Crippen LogP contribution is -2.25. The third-order valence-electron chi connectivity index (χ3n) is 3.59. The maximum absolute atomic E-state index is 5.55. The van der Waals surface area contributed by atoms with E-state index in [0.717, 1.165) is 24.5 Å². The molecular weight excluding hydrogens is 204 g/mol. The van der Waals surface area contributed by atoms with Gasteiger partial charge in [-0.15, -0.1) is 0 Å². The molecule has 11 heavy (non-hydrogen) atoms. The first kappa shape index (κ1) is 8.06. The van der Waals surface area contributed by atoms with Gasteiger partial charge in [0.1, 0.15) is 0 Å². The molecule has 2 rings (SSSR count). The van der Waals surface area contributed by atoms with E-state index in [1.165, 1.54) is 6.42 Å². The molecule has 0 N–H and O–H groups in total. The van der Waals surface area contributed by atoms with E-state index in [9.17, 15) is 0 Å². The van der Waals surface area contributed by atoms with Gasteiger partial charge in [0, 0.05) is 10.7 Å². The van der Waals surface area contributed by atoms with Crippen molar-refractivity contribution < 1.29 is 4.74 Å². The molecule has 1 nitrogen and oxygen atoms in total. The number of halogens is 1. The topological polar surface area (TPSA) is 9.23 Å². The first-order valence-corrected chi connectivity index (χ1v) is 5.38. The molecule has 1 saturated carbocycles. The average molecular weight is 219 g/mol. The molecule has 1 heterocycles. The van der Waals surface area contributed by atoms with E-state index in [4.69, 9.17) is 4.74 Å². The quantitative estimate of drug-likeness (QED) is 0.615. The molecule has 0 radical (unpaired) electrons. The minimum absolute atomic E-state index is 0.422. The molecule has 0 amide bonds. The lowest BCUT2D eigenvalue weighted by atomic mass is 9.77. The van der Waals surface area contributed by atoms with Gasteiger partial charge in [0.2, 0.25) is 0 Å². The van der Waals surface area contributed by atoms with Crippen molar-refractivity contribution in [1.29, 1.82) is 0 Å². The Morgan fingerprint density at radius 2 is 2.18 bits per heavy atom.